The molecule has 0 spiro atoms. The van der Waals surface area contributed by atoms with E-state index in [-0.39, 0.29) is 11.8 Å². The fraction of sp³-hybridized carbons (Fsp3) is 0.837. The molecule has 0 bridgehead atoms. The number of rotatable bonds is 36. The summed E-state index contributed by atoms with van der Waals surface area (Å²) in [6.07, 6.45) is 45.0. The molecule has 0 aliphatic carbocycles. The van der Waals surface area contributed by atoms with Crippen LogP contribution in [0.15, 0.2) is 24.7 Å². The van der Waals surface area contributed by atoms with E-state index in [0.29, 0.717) is 19.4 Å². The molecule has 0 fully saturated rings. The molecule has 1 rings (SSSR count). The van der Waals surface area contributed by atoms with E-state index in [4.69, 9.17) is 0 Å². The highest BCUT2D eigenvalue weighted by molar-refractivity contribution is 5.87. The van der Waals surface area contributed by atoms with Gasteiger partial charge in [0.05, 0.1) is 12.0 Å². The van der Waals surface area contributed by atoms with Gasteiger partial charge in [-0.25, -0.2) is 4.98 Å². The zero-order chi connectivity index (χ0) is 35.5. The van der Waals surface area contributed by atoms with Crippen LogP contribution in [0.25, 0.3) is 0 Å². The largest absolute Gasteiger partial charge is 0.354 e. The molecule has 2 atom stereocenters. The van der Waals surface area contributed by atoms with Crippen molar-refractivity contribution in [3.05, 3.63) is 30.4 Å². The molecular formula is C43H80N4O2. The second kappa shape index (κ2) is 34.3. The maximum Gasteiger partial charge on any atom is 0.242 e. The Morgan fingerprint density at radius 1 is 0.653 bits per heavy atom. The molecule has 2 unspecified atom stereocenters. The van der Waals surface area contributed by atoms with Crippen molar-refractivity contribution in [2.24, 2.45) is 5.92 Å². The molecule has 6 nitrogen and oxygen atoms in total. The summed E-state index contributed by atoms with van der Waals surface area (Å²) in [6, 6.07) is -0.581. The number of aromatic amines is 1. The summed E-state index contributed by atoms with van der Waals surface area (Å²) in [5, 5.41) is 6.08. The lowest BCUT2D eigenvalue weighted by Crippen LogP contribution is -2.48. The molecule has 1 aromatic heterocycles. The minimum Gasteiger partial charge on any atom is -0.354 e. The standard InChI is InChI=1S/C43H80N4O2/c1-4-7-9-10-11-12-13-14-15-16-17-20-23-26-29-34-42(48)47-41(36-40-37-44-38-46-40)43(49)45-35-30-27-24-21-18-19-22-25-28-33-39(31-6-3)32-8-5-2/h14-15,37-39,41H,4-13,16-36H2,1-3H3,(H,44,46)(H,45,49)(H,47,48)/b15-14+. The lowest BCUT2D eigenvalue weighted by Gasteiger charge is -2.18. The van der Waals surface area contributed by atoms with E-state index in [0.717, 1.165) is 43.7 Å². The SMILES string of the molecule is CCCCCCCC/C=C/CCCCCCCC(=O)NC(Cc1c[nH]cn1)C(=O)NCCCCCCCCCCCC(CCC)CCCC. The summed E-state index contributed by atoms with van der Waals surface area (Å²) < 4.78 is 0. The number of carbonyl (C=O) groups excluding carboxylic acids is 2. The number of unbranched alkanes of at least 4 members (excludes halogenated alkanes) is 20. The van der Waals surface area contributed by atoms with Gasteiger partial charge < -0.3 is 15.6 Å². The van der Waals surface area contributed by atoms with E-state index >= 15 is 0 Å². The monoisotopic (exact) mass is 685 g/mol. The first kappa shape index (κ1) is 44.9. The minimum absolute atomic E-state index is 0.0365. The highest BCUT2D eigenvalue weighted by Gasteiger charge is 2.21. The first-order chi connectivity index (χ1) is 24.1. The van der Waals surface area contributed by atoms with E-state index in [1.807, 2.05) is 0 Å². The number of carbonyl (C=O) groups is 2. The number of nitrogens with one attached hydrogen (secondary N) is 3. The number of nitrogens with zero attached hydrogens (tertiary/aromatic N) is 1. The third-order valence-electron chi connectivity index (χ3n) is 10.0. The van der Waals surface area contributed by atoms with Gasteiger partial charge >= 0.3 is 0 Å². The van der Waals surface area contributed by atoms with Crippen LogP contribution in [0.5, 0.6) is 0 Å². The van der Waals surface area contributed by atoms with Crippen LogP contribution in [0.2, 0.25) is 0 Å². The van der Waals surface area contributed by atoms with Gasteiger partial charge in [-0.2, -0.15) is 0 Å². The van der Waals surface area contributed by atoms with Gasteiger partial charge in [-0.15, -0.1) is 0 Å². The van der Waals surface area contributed by atoms with Crippen molar-refractivity contribution in [3.8, 4) is 0 Å². The quantitative estimate of drug-likeness (QED) is 0.0485. The average Bonchev–Trinajstić information content (AvgIpc) is 3.62. The van der Waals surface area contributed by atoms with Crippen LogP contribution in [0.3, 0.4) is 0 Å². The van der Waals surface area contributed by atoms with Crippen molar-refractivity contribution < 1.29 is 9.59 Å². The van der Waals surface area contributed by atoms with Gasteiger partial charge in [0.2, 0.25) is 11.8 Å². The lowest BCUT2D eigenvalue weighted by molar-refractivity contribution is -0.129. The Hall–Kier alpha value is -2.11. The number of amides is 2. The summed E-state index contributed by atoms with van der Waals surface area (Å²) in [5.74, 6) is 0.826. The van der Waals surface area contributed by atoms with Crippen LogP contribution >= 0.6 is 0 Å². The van der Waals surface area contributed by atoms with Crippen LogP contribution in [-0.4, -0.2) is 34.4 Å². The molecule has 3 N–H and O–H groups in total. The van der Waals surface area contributed by atoms with Crippen LogP contribution in [-0.2, 0) is 16.0 Å². The van der Waals surface area contributed by atoms with Crippen LogP contribution in [0.1, 0.15) is 213 Å². The zero-order valence-electron chi connectivity index (χ0n) is 32.6. The topological polar surface area (TPSA) is 86.9 Å². The molecule has 0 aromatic carbocycles. The second-order valence-corrected chi connectivity index (χ2v) is 14.8. The van der Waals surface area contributed by atoms with Crippen molar-refractivity contribution in [3.63, 3.8) is 0 Å². The zero-order valence-corrected chi connectivity index (χ0v) is 32.6. The maximum atomic E-state index is 13.0. The first-order valence-corrected chi connectivity index (χ1v) is 21.3. The van der Waals surface area contributed by atoms with Gasteiger partial charge in [-0.3, -0.25) is 9.59 Å². The molecule has 284 valence electrons. The molecule has 6 heteroatoms. The Kier molecular flexibility index (Phi) is 31.5. The van der Waals surface area contributed by atoms with Gasteiger partial charge in [-0.1, -0.05) is 174 Å². The van der Waals surface area contributed by atoms with E-state index in [9.17, 15) is 9.59 Å². The van der Waals surface area contributed by atoms with E-state index in [2.05, 4.69) is 53.5 Å². The highest BCUT2D eigenvalue weighted by atomic mass is 16.2. The van der Waals surface area contributed by atoms with E-state index in [1.54, 1.807) is 12.5 Å². The van der Waals surface area contributed by atoms with E-state index in [1.165, 1.54) is 148 Å². The van der Waals surface area contributed by atoms with Crippen LogP contribution in [0.4, 0.5) is 0 Å². The Bertz CT molecular complexity index is 884. The summed E-state index contributed by atoms with van der Waals surface area (Å²) >= 11 is 0. The summed E-state index contributed by atoms with van der Waals surface area (Å²) in [7, 11) is 0. The maximum absolute atomic E-state index is 13.0. The van der Waals surface area contributed by atoms with Crippen LogP contribution in [0, 0.1) is 5.92 Å². The third-order valence-corrected chi connectivity index (χ3v) is 10.0. The van der Waals surface area contributed by atoms with Crippen molar-refractivity contribution >= 4 is 11.8 Å². The Morgan fingerprint density at radius 2 is 1.20 bits per heavy atom. The third kappa shape index (κ3) is 28.3. The second-order valence-electron chi connectivity index (χ2n) is 14.8. The minimum atomic E-state index is -0.581. The molecule has 0 saturated carbocycles. The smallest absolute Gasteiger partial charge is 0.242 e. The number of hydrogen-bond acceptors (Lipinski definition) is 3. The Balaban J connectivity index is 2.12. The average molecular weight is 685 g/mol. The summed E-state index contributed by atoms with van der Waals surface area (Å²) in [4.78, 5) is 33.0. The normalized spacial score (nSPS) is 12.8. The van der Waals surface area contributed by atoms with Gasteiger partial charge in [0.25, 0.3) is 0 Å². The predicted octanol–water partition coefficient (Wildman–Crippen LogP) is 12.1. The van der Waals surface area contributed by atoms with Crippen molar-refractivity contribution in [2.75, 3.05) is 6.54 Å². The molecule has 0 saturated heterocycles. The predicted molar refractivity (Wildman–Crippen MR) is 211 cm³/mol. The molecular weight excluding hydrogens is 604 g/mol. The first-order valence-electron chi connectivity index (χ1n) is 21.3. The molecule has 0 aliphatic rings. The van der Waals surface area contributed by atoms with Gasteiger partial charge in [0.1, 0.15) is 6.04 Å². The van der Waals surface area contributed by atoms with E-state index < -0.39 is 6.04 Å². The molecule has 0 aliphatic heterocycles. The van der Waals surface area contributed by atoms with Crippen molar-refractivity contribution in [2.45, 2.75) is 219 Å². The molecule has 0 radical (unpaired) electrons. The molecule has 2 amide bonds. The Labute approximate surface area is 303 Å². The number of imidazole rings is 1. The number of hydrogen-bond donors (Lipinski definition) is 3. The van der Waals surface area contributed by atoms with Gasteiger partial charge in [0, 0.05) is 25.6 Å². The van der Waals surface area contributed by atoms with Gasteiger partial charge in [0.15, 0.2) is 0 Å². The number of allylic oxidation sites excluding steroid dienone is 2. The fourth-order valence-corrected chi connectivity index (χ4v) is 6.91. The fourth-order valence-electron chi connectivity index (χ4n) is 6.91. The molecule has 1 heterocycles. The highest BCUT2D eigenvalue weighted by Crippen LogP contribution is 2.22. The van der Waals surface area contributed by atoms with Gasteiger partial charge in [-0.05, 0) is 44.4 Å². The Morgan fingerprint density at radius 3 is 1.80 bits per heavy atom. The summed E-state index contributed by atoms with van der Waals surface area (Å²) in [6.45, 7) is 7.57. The van der Waals surface area contributed by atoms with Crippen molar-refractivity contribution in [1.82, 2.24) is 20.6 Å². The lowest BCUT2D eigenvalue weighted by atomic mass is 9.91. The van der Waals surface area contributed by atoms with Crippen molar-refractivity contribution in [1.29, 1.82) is 0 Å². The summed E-state index contributed by atoms with van der Waals surface area (Å²) in [5.41, 5.74) is 0.791. The number of aromatic nitrogens is 2. The molecule has 1 aromatic rings. The number of H-pyrrole nitrogens is 1. The molecule has 49 heavy (non-hydrogen) atoms. The van der Waals surface area contributed by atoms with Crippen LogP contribution < -0.4 is 10.6 Å².